The van der Waals surface area contributed by atoms with Gasteiger partial charge in [0, 0.05) is 18.8 Å². The van der Waals surface area contributed by atoms with Gasteiger partial charge in [0.25, 0.3) is 0 Å². The molecule has 5 nitrogen and oxygen atoms in total. The van der Waals surface area contributed by atoms with Crippen LogP contribution in [-0.2, 0) is 10.0 Å². The minimum Gasteiger partial charge on any atom is -0.399 e. The van der Waals surface area contributed by atoms with E-state index in [1.165, 1.54) is 25.3 Å². The van der Waals surface area contributed by atoms with Gasteiger partial charge in [0.2, 0.25) is 10.0 Å². The van der Waals surface area contributed by atoms with Crippen LogP contribution in [0.3, 0.4) is 0 Å². The molecule has 1 aliphatic rings. The summed E-state index contributed by atoms with van der Waals surface area (Å²) in [5.74, 6) is 0. The second kappa shape index (κ2) is 5.38. The number of benzene rings is 1. The van der Waals surface area contributed by atoms with Gasteiger partial charge in [-0.2, -0.15) is 0 Å². The van der Waals surface area contributed by atoms with E-state index in [0.717, 1.165) is 12.8 Å². The van der Waals surface area contributed by atoms with Crippen LogP contribution in [0.1, 0.15) is 32.1 Å². The van der Waals surface area contributed by atoms with Crippen LogP contribution in [-0.4, -0.2) is 21.5 Å². The van der Waals surface area contributed by atoms with Crippen molar-refractivity contribution in [3.63, 3.8) is 0 Å². The van der Waals surface area contributed by atoms with Crippen LogP contribution in [0.5, 0.6) is 0 Å². The second-order valence-electron chi connectivity index (χ2n) is 5.17. The molecule has 0 spiro atoms. The molecule has 0 unspecified atom stereocenters. The first kappa shape index (κ1) is 14.1. The standard InChI is InChI=1S/C13H21N3O2S/c1-16(11-5-3-2-4-6-11)12-8-7-10(14)9-13(12)19(15,17)18/h7-9,11H,2-6,14H2,1H3,(H2,15,17,18). The summed E-state index contributed by atoms with van der Waals surface area (Å²) in [6.07, 6.45) is 5.81. The molecule has 1 fully saturated rings. The molecule has 0 radical (unpaired) electrons. The molecule has 6 heteroatoms. The zero-order valence-corrected chi connectivity index (χ0v) is 12.0. The monoisotopic (exact) mass is 283 g/mol. The number of primary sulfonamides is 1. The van der Waals surface area contributed by atoms with Gasteiger partial charge < -0.3 is 10.6 Å². The first-order chi connectivity index (χ1) is 8.89. The number of anilines is 2. The Morgan fingerprint density at radius 3 is 2.42 bits per heavy atom. The van der Waals surface area contributed by atoms with Crippen molar-refractivity contribution in [2.24, 2.45) is 5.14 Å². The molecule has 2 rings (SSSR count). The predicted octanol–water partition coefficient (Wildman–Crippen LogP) is 1.69. The molecule has 1 aliphatic carbocycles. The molecular weight excluding hydrogens is 262 g/mol. The highest BCUT2D eigenvalue weighted by Crippen LogP contribution is 2.31. The summed E-state index contributed by atoms with van der Waals surface area (Å²) in [5, 5.41) is 5.28. The number of hydrogen-bond acceptors (Lipinski definition) is 4. The van der Waals surface area contributed by atoms with Crippen molar-refractivity contribution in [3.8, 4) is 0 Å². The van der Waals surface area contributed by atoms with E-state index in [9.17, 15) is 8.42 Å². The average molecular weight is 283 g/mol. The average Bonchev–Trinajstić information content (AvgIpc) is 2.38. The molecule has 1 aromatic rings. The highest BCUT2D eigenvalue weighted by Gasteiger charge is 2.23. The van der Waals surface area contributed by atoms with E-state index in [1.54, 1.807) is 12.1 Å². The Hall–Kier alpha value is -1.27. The molecule has 1 saturated carbocycles. The van der Waals surface area contributed by atoms with Gasteiger partial charge in [-0.15, -0.1) is 0 Å². The lowest BCUT2D eigenvalue weighted by atomic mass is 9.94. The fraction of sp³-hybridized carbons (Fsp3) is 0.538. The Kier molecular flexibility index (Phi) is 4.01. The molecule has 106 valence electrons. The van der Waals surface area contributed by atoms with E-state index in [0.29, 0.717) is 17.4 Å². The molecule has 0 saturated heterocycles. The summed E-state index contributed by atoms with van der Waals surface area (Å²) in [5.41, 5.74) is 6.71. The highest BCUT2D eigenvalue weighted by atomic mass is 32.2. The number of hydrogen-bond donors (Lipinski definition) is 2. The quantitative estimate of drug-likeness (QED) is 0.826. The van der Waals surface area contributed by atoms with Gasteiger partial charge in [0.05, 0.1) is 5.69 Å². The first-order valence-electron chi connectivity index (χ1n) is 6.55. The Balaban J connectivity index is 2.38. The minimum absolute atomic E-state index is 0.112. The van der Waals surface area contributed by atoms with Gasteiger partial charge in [0.15, 0.2) is 0 Å². The Morgan fingerprint density at radius 2 is 1.84 bits per heavy atom. The van der Waals surface area contributed by atoms with Crippen molar-refractivity contribution in [2.45, 2.75) is 43.0 Å². The maximum Gasteiger partial charge on any atom is 0.240 e. The van der Waals surface area contributed by atoms with Crippen molar-refractivity contribution in [1.82, 2.24) is 0 Å². The lowest BCUT2D eigenvalue weighted by Crippen LogP contribution is -2.34. The maximum absolute atomic E-state index is 11.7. The van der Waals surface area contributed by atoms with Crippen molar-refractivity contribution in [3.05, 3.63) is 18.2 Å². The van der Waals surface area contributed by atoms with Crippen molar-refractivity contribution in [2.75, 3.05) is 17.7 Å². The van der Waals surface area contributed by atoms with Crippen LogP contribution in [0.4, 0.5) is 11.4 Å². The smallest absolute Gasteiger partial charge is 0.240 e. The summed E-state index contributed by atoms with van der Waals surface area (Å²) in [6.45, 7) is 0. The van der Waals surface area contributed by atoms with Gasteiger partial charge in [0.1, 0.15) is 4.90 Å². The van der Waals surface area contributed by atoms with Gasteiger partial charge in [-0.25, -0.2) is 13.6 Å². The van der Waals surface area contributed by atoms with Gasteiger partial charge in [-0.1, -0.05) is 19.3 Å². The van der Waals surface area contributed by atoms with E-state index in [1.807, 2.05) is 11.9 Å². The minimum atomic E-state index is -3.76. The fourth-order valence-electron chi connectivity index (χ4n) is 2.72. The summed E-state index contributed by atoms with van der Waals surface area (Å²) in [7, 11) is -1.83. The molecule has 1 aromatic carbocycles. The molecule has 0 aromatic heterocycles. The lowest BCUT2D eigenvalue weighted by Gasteiger charge is -2.33. The maximum atomic E-state index is 11.7. The zero-order chi connectivity index (χ0) is 14.0. The van der Waals surface area contributed by atoms with Gasteiger partial charge >= 0.3 is 0 Å². The Labute approximate surface area is 114 Å². The molecule has 0 amide bonds. The normalized spacial score (nSPS) is 17.4. The summed E-state index contributed by atoms with van der Waals surface area (Å²) in [4.78, 5) is 2.14. The number of rotatable bonds is 3. The number of sulfonamides is 1. The fourth-order valence-corrected chi connectivity index (χ4v) is 3.52. The second-order valence-corrected chi connectivity index (χ2v) is 6.70. The van der Waals surface area contributed by atoms with Crippen molar-refractivity contribution in [1.29, 1.82) is 0 Å². The van der Waals surface area contributed by atoms with Crippen molar-refractivity contribution >= 4 is 21.4 Å². The molecule has 4 N–H and O–H groups in total. The Morgan fingerprint density at radius 1 is 1.21 bits per heavy atom. The number of nitrogens with two attached hydrogens (primary N) is 2. The van der Waals surface area contributed by atoms with E-state index in [-0.39, 0.29) is 4.90 Å². The van der Waals surface area contributed by atoms with E-state index >= 15 is 0 Å². The third-order valence-electron chi connectivity index (χ3n) is 3.79. The molecule has 0 heterocycles. The molecule has 0 atom stereocenters. The van der Waals surface area contributed by atoms with Crippen LogP contribution in [0, 0.1) is 0 Å². The third kappa shape index (κ3) is 3.19. The third-order valence-corrected chi connectivity index (χ3v) is 4.73. The van der Waals surface area contributed by atoms with Crippen LogP contribution >= 0.6 is 0 Å². The van der Waals surface area contributed by atoms with Crippen LogP contribution in [0.2, 0.25) is 0 Å². The summed E-state index contributed by atoms with van der Waals surface area (Å²) >= 11 is 0. The lowest BCUT2D eigenvalue weighted by molar-refractivity contribution is 0.426. The van der Waals surface area contributed by atoms with Crippen LogP contribution in [0.15, 0.2) is 23.1 Å². The van der Waals surface area contributed by atoms with E-state index in [2.05, 4.69) is 0 Å². The predicted molar refractivity (Wildman–Crippen MR) is 77.5 cm³/mol. The summed E-state index contributed by atoms with van der Waals surface area (Å²) in [6, 6.07) is 5.26. The van der Waals surface area contributed by atoms with Crippen LogP contribution < -0.4 is 15.8 Å². The number of nitrogens with zero attached hydrogens (tertiary/aromatic N) is 1. The van der Waals surface area contributed by atoms with E-state index in [4.69, 9.17) is 10.9 Å². The highest BCUT2D eigenvalue weighted by molar-refractivity contribution is 7.89. The van der Waals surface area contributed by atoms with E-state index < -0.39 is 10.0 Å². The number of nitrogen functional groups attached to an aromatic ring is 1. The topological polar surface area (TPSA) is 89.4 Å². The van der Waals surface area contributed by atoms with Crippen molar-refractivity contribution < 1.29 is 8.42 Å². The zero-order valence-electron chi connectivity index (χ0n) is 11.2. The molecule has 0 aliphatic heterocycles. The molecular formula is C13H21N3O2S. The van der Waals surface area contributed by atoms with Gasteiger partial charge in [-0.3, -0.25) is 0 Å². The molecule has 19 heavy (non-hydrogen) atoms. The first-order valence-corrected chi connectivity index (χ1v) is 8.09. The SMILES string of the molecule is CN(c1ccc(N)cc1S(N)(=O)=O)C1CCCCC1. The van der Waals surface area contributed by atoms with Gasteiger partial charge in [-0.05, 0) is 31.0 Å². The Bertz CT molecular complexity index is 551. The summed E-state index contributed by atoms with van der Waals surface area (Å²) < 4.78 is 23.4. The largest absolute Gasteiger partial charge is 0.399 e. The van der Waals surface area contributed by atoms with Crippen LogP contribution in [0.25, 0.3) is 0 Å². The molecule has 0 bridgehead atoms.